The third-order valence-corrected chi connectivity index (χ3v) is 3.94. The van der Waals surface area contributed by atoms with Crippen molar-refractivity contribution in [1.82, 2.24) is 10.5 Å². The summed E-state index contributed by atoms with van der Waals surface area (Å²) < 4.78 is 5.03. The Hall–Kier alpha value is -2.63. The second kappa shape index (κ2) is 7.96. The van der Waals surface area contributed by atoms with Crippen molar-refractivity contribution >= 4 is 23.2 Å². The molecule has 5 nitrogen and oxygen atoms in total. The van der Waals surface area contributed by atoms with Crippen molar-refractivity contribution in [3.8, 4) is 0 Å². The summed E-state index contributed by atoms with van der Waals surface area (Å²) in [4.78, 5) is 12.3. The lowest BCUT2D eigenvalue weighted by molar-refractivity contribution is 0.102. The van der Waals surface area contributed by atoms with E-state index in [1.165, 1.54) is 0 Å². The number of carbonyl (C=O) groups excluding carboxylic acids is 1. The smallest absolute Gasteiger partial charge is 0.257 e. The molecule has 0 saturated heterocycles. The second-order valence-electron chi connectivity index (χ2n) is 5.67. The topological polar surface area (TPSA) is 67.2 Å². The first-order valence-corrected chi connectivity index (χ1v) is 8.27. The summed E-state index contributed by atoms with van der Waals surface area (Å²) in [5, 5.41) is 10.5. The lowest BCUT2D eigenvalue weighted by atomic mass is 10.1. The number of benzene rings is 2. The molecular formula is C19H18ClN3O2. The van der Waals surface area contributed by atoms with Crippen molar-refractivity contribution in [3.05, 3.63) is 82.2 Å². The van der Waals surface area contributed by atoms with Gasteiger partial charge in [0.25, 0.3) is 5.91 Å². The summed E-state index contributed by atoms with van der Waals surface area (Å²) in [7, 11) is 0. The number of hydrogen-bond acceptors (Lipinski definition) is 4. The lowest BCUT2D eigenvalue weighted by Crippen LogP contribution is -2.14. The Morgan fingerprint density at radius 3 is 2.72 bits per heavy atom. The van der Waals surface area contributed by atoms with Gasteiger partial charge >= 0.3 is 0 Å². The van der Waals surface area contributed by atoms with Gasteiger partial charge in [-0.3, -0.25) is 4.79 Å². The van der Waals surface area contributed by atoms with E-state index in [1.54, 1.807) is 24.3 Å². The van der Waals surface area contributed by atoms with Crippen LogP contribution in [0.5, 0.6) is 0 Å². The minimum atomic E-state index is -0.228. The molecule has 3 rings (SSSR count). The molecule has 128 valence electrons. The maximum atomic E-state index is 12.3. The number of amides is 1. The first-order valence-electron chi connectivity index (χ1n) is 7.89. The van der Waals surface area contributed by atoms with Crippen LogP contribution in [0.3, 0.4) is 0 Å². The summed E-state index contributed by atoms with van der Waals surface area (Å²) in [5.41, 5.74) is 3.09. The monoisotopic (exact) mass is 355 g/mol. The normalized spacial score (nSPS) is 10.6. The first kappa shape index (κ1) is 17.2. The van der Waals surface area contributed by atoms with Crippen LogP contribution in [0.25, 0.3) is 0 Å². The number of carbonyl (C=O) groups is 1. The van der Waals surface area contributed by atoms with Crippen LogP contribution < -0.4 is 10.6 Å². The number of anilines is 1. The van der Waals surface area contributed by atoms with Gasteiger partial charge in [-0.1, -0.05) is 41.0 Å². The lowest BCUT2D eigenvalue weighted by Gasteiger charge is -2.09. The van der Waals surface area contributed by atoms with E-state index < -0.39 is 0 Å². The van der Waals surface area contributed by atoms with E-state index in [1.807, 2.05) is 37.3 Å². The van der Waals surface area contributed by atoms with Crippen molar-refractivity contribution in [1.29, 1.82) is 0 Å². The molecule has 0 radical (unpaired) electrons. The molecular weight excluding hydrogens is 338 g/mol. The number of nitrogens with one attached hydrogen (secondary N) is 2. The molecule has 0 aliphatic carbocycles. The average Bonchev–Trinajstić information content (AvgIpc) is 3.01. The Morgan fingerprint density at radius 1 is 1.12 bits per heavy atom. The maximum absolute atomic E-state index is 12.3. The SMILES string of the molecule is Cc1cc(CNCc2cccc(NC(=O)c3ccccc3Cl)c2)no1. The third-order valence-electron chi connectivity index (χ3n) is 3.62. The molecule has 0 bridgehead atoms. The molecule has 0 unspecified atom stereocenters. The van der Waals surface area contributed by atoms with Gasteiger partial charge in [0.15, 0.2) is 0 Å². The Labute approximate surface area is 151 Å². The molecule has 1 aromatic heterocycles. The molecule has 0 aliphatic heterocycles. The summed E-state index contributed by atoms with van der Waals surface area (Å²) in [6.45, 7) is 3.14. The minimum Gasteiger partial charge on any atom is -0.361 e. The van der Waals surface area contributed by atoms with Crippen LogP contribution in [0.2, 0.25) is 5.02 Å². The number of nitrogens with zero attached hydrogens (tertiary/aromatic N) is 1. The molecule has 25 heavy (non-hydrogen) atoms. The van der Waals surface area contributed by atoms with E-state index in [9.17, 15) is 4.79 Å². The molecule has 1 heterocycles. The van der Waals surface area contributed by atoms with Gasteiger partial charge in [-0.2, -0.15) is 0 Å². The van der Waals surface area contributed by atoms with E-state index in [0.29, 0.717) is 23.7 Å². The Balaban J connectivity index is 1.59. The Bertz CT molecular complexity index is 876. The molecule has 2 aromatic carbocycles. The van der Waals surface area contributed by atoms with Crippen molar-refractivity contribution in [2.45, 2.75) is 20.0 Å². The van der Waals surface area contributed by atoms with Crippen molar-refractivity contribution < 1.29 is 9.32 Å². The summed E-state index contributed by atoms with van der Waals surface area (Å²) in [5.74, 6) is 0.565. The highest BCUT2D eigenvalue weighted by Crippen LogP contribution is 2.18. The van der Waals surface area contributed by atoms with Crippen LogP contribution in [0, 0.1) is 6.92 Å². The number of halogens is 1. The van der Waals surface area contributed by atoms with Gasteiger partial charge in [0.1, 0.15) is 5.76 Å². The van der Waals surface area contributed by atoms with Gasteiger partial charge in [-0.05, 0) is 36.8 Å². The quantitative estimate of drug-likeness (QED) is 0.696. The number of hydrogen-bond donors (Lipinski definition) is 2. The Morgan fingerprint density at radius 2 is 1.96 bits per heavy atom. The zero-order valence-corrected chi connectivity index (χ0v) is 14.5. The fraction of sp³-hybridized carbons (Fsp3) is 0.158. The second-order valence-corrected chi connectivity index (χ2v) is 6.07. The fourth-order valence-corrected chi connectivity index (χ4v) is 2.66. The number of aromatic nitrogens is 1. The highest BCUT2D eigenvalue weighted by Gasteiger charge is 2.10. The highest BCUT2D eigenvalue weighted by molar-refractivity contribution is 6.34. The van der Waals surface area contributed by atoms with E-state index in [0.717, 1.165) is 22.7 Å². The fourth-order valence-electron chi connectivity index (χ4n) is 2.44. The van der Waals surface area contributed by atoms with Crippen molar-refractivity contribution in [2.75, 3.05) is 5.32 Å². The largest absolute Gasteiger partial charge is 0.361 e. The molecule has 0 spiro atoms. The molecule has 0 atom stereocenters. The van der Waals surface area contributed by atoms with Gasteiger partial charge < -0.3 is 15.2 Å². The van der Waals surface area contributed by atoms with E-state index in [-0.39, 0.29) is 5.91 Å². The van der Waals surface area contributed by atoms with E-state index in [4.69, 9.17) is 16.1 Å². The first-order chi connectivity index (χ1) is 12.1. The summed E-state index contributed by atoms with van der Waals surface area (Å²) in [6, 6.07) is 16.5. The van der Waals surface area contributed by atoms with Gasteiger partial charge in [-0.15, -0.1) is 0 Å². The van der Waals surface area contributed by atoms with Crippen LogP contribution in [-0.2, 0) is 13.1 Å². The van der Waals surface area contributed by atoms with E-state index >= 15 is 0 Å². The average molecular weight is 356 g/mol. The molecule has 0 saturated carbocycles. The molecule has 2 N–H and O–H groups in total. The van der Waals surface area contributed by atoms with Crippen molar-refractivity contribution in [3.63, 3.8) is 0 Å². The van der Waals surface area contributed by atoms with Crippen LogP contribution in [0.4, 0.5) is 5.69 Å². The van der Waals surface area contributed by atoms with Gasteiger partial charge in [0.05, 0.1) is 16.3 Å². The highest BCUT2D eigenvalue weighted by atomic mass is 35.5. The molecule has 0 aliphatic rings. The predicted octanol–water partition coefficient (Wildman–Crippen LogP) is 4.18. The maximum Gasteiger partial charge on any atom is 0.257 e. The number of aryl methyl sites for hydroxylation is 1. The standard InChI is InChI=1S/C19H18ClN3O2/c1-13-9-16(23-25-13)12-21-11-14-5-4-6-15(10-14)22-19(24)17-7-2-3-8-18(17)20/h2-10,21H,11-12H2,1H3,(H,22,24). The Kier molecular flexibility index (Phi) is 5.48. The van der Waals surface area contributed by atoms with Crippen LogP contribution in [0.15, 0.2) is 59.1 Å². The van der Waals surface area contributed by atoms with Gasteiger partial charge in [0, 0.05) is 24.8 Å². The zero-order chi connectivity index (χ0) is 17.6. The van der Waals surface area contributed by atoms with Crippen LogP contribution in [-0.4, -0.2) is 11.1 Å². The summed E-state index contributed by atoms with van der Waals surface area (Å²) in [6.07, 6.45) is 0. The summed E-state index contributed by atoms with van der Waals surface area (Å²) >= 11 is 6.06. The van der Waals surface area contributed by atoms with Crippen LogP contribution >= 0.6 is 11.6 Å². The van der Waals surface area contributed by atoms with Gasteiger partial charge in [0.2, 0.25) is 0 Å². The molecule has 0 fully saturated rings. The third kappa shape index (κ3) is 4.68. The molecule has 6 heteroatoms. The van der Waals surface area contributed by atoms with E-state index in [2.05, 4.69) is 15.8 Å². The molecule has 1 amide bonds. The van der Waals surface area contributed by atoms with Crippen molar-refractivity contribution in [2.24, 2.45) is 0 Å². The zero-order valence-electron chi connectivity index (χ0n) is 13.8. The minimum absolute atomic E-state index is 0.228. The molecule has 3 aromatic rings. The van der Waals surface area contributed by atoms with Gasteiger partial charge in [-0.25, -0.2) is 0 Å². The number of rotatable bonds is 6. The van der Waals surface area contributed by atoms with Crippen LogP contribution in [0.1, 0.15) is 27.4 Å². The predicted molar refractivity (Wildman–Crippen MR) is 97.6 cm³/mol.